The Morgan fingerprint density at radius 1 is 1.11 bits per heavy atom. The molecule has 6 nitrogen and oxygen atoms in total. The van der Waals surface area contributed by atoms with E-state index in [9.17, 15) is 21.6 Å². The molecular formula is C17H13F3IN3O3S. The van der Waals surface area contributed by atoms with Gasteiger partial charge in [0.15, 0.2) is 5.69 Å². The number of halogens is 4. The van der Waals surface area contributed by atoms with Gasteiger partial charge in [0.05, 0.1) is 27.0 Å². The van der Waals surface area contributed by atoms with Gasteiger partial charge in [-0.3, -0.25) is 0 Å². The Hall–Kier alpha value is -2.12. The topological polar surface area (TPSA) is 87.2 Å². The summed E-state index contributed by atoms with van der Waals surface area (Å²) in [5, 5.41) is 8.73. The van der Waals surface area contributed by atoms with Crippen LogP contribution in [0.4, 0.5) is 13.2 Å². The van der Waals surface area contributed by atoms with Crippen LogP contribution in [0, 0.1) is 3.57 Å². The zero-order valence-electron chi connectivity index (χ0n) is 14.2. The van der Waals surface area contributed by atoms with Gasteiger partial charge >= 0.3 is 6.18 Å². The van der Waals surface area contributed by atoms with Crippen LogP contribution < -0.4 is 9.88 Å². The number of rotatable bonds is 4. The molecule has 0 bridgehead atoms. The molecule has 0 aliphatic carbocycles. The zero-order chi connectivity index (χ0) is 20.7. The summed E-state index contributed by atoms with van der Waals surface area (Å²) in [5.74, 6) is 0.587. The maximum atomic E-state index is 13.2. The van der Waals surface area contributed by atoms with Crippen molar-refractivity contribution in [3.8, 4) is 22.7 Å². The molecule has 3 aromatic rings. The number of nitrogens with zero attached hydrogens (tertiary/aromatic N) is 2. The highest BCUT2D eigenvalue weighted by molar-refractivity contribution is 14.1. The Morgan fingerprint density at radius 2 is 1.75 bits per heavy atom. The fourth-order valence-electron chi connectivity index (χ4n) is 2.52. The van der Waals surface area contributed by atoms with E-state index in [4.69, 9.17) is 9.88 Å². The molecule has 1 heterocycles. The Balaban J connectivity index is 2.18. The predicted octanol–water partition coefficient (Wildman–Crippen LogP) is 3.82. The maximum Gasteiger partial charge on any atom is 0.435 e. The van der Waals surface area contributed by atoms with E-state index >= 15 is 0 Å². The van der Waals surface area contributed by atoms with Crippen LogP contribution in [0.2, 0.25) is 0 Å². The predicted molar refractivity (Wildman–Crippen MR) is 105 cm³/mol. The first-order valence-electron chi connectivity index (χ1n) is 7.65. The minimum absolute atomic E-state index is 0.153. The second-order valence-electron chi connectivity index (χ2n) is 5.71. The van der Waals surface area contributed by atoms with Crippen LogP contribution in [-0.4, -0.2) is 25.3 Å². The fraction of sp³-hybridized carbons (Fsp3) is 0.118. The summed E-state index contributed by atoms with van der Waals surface area (Å²) >= 11 is 2.02. The van der Waals surface area contributed by atoms with Crippen LogP contribution in [0.25, 0.3) is 16.9 Å². The smallest absolute Gasteiger partial charge is 0.435 e. The number of methoxy groups -OCH3 is 1. The third-order valence-corrected chi connectivity index (χ3v) is 5.63. The summed E-state index contributed by atoms with van der Waals surface area (Å²) in [6.07, 6.45) is -4.64. The Bertz CT molecular complexity index is 1130. The minimum Gasteiger partial charge on any atom is -0.496 e. The van der Waals surface area contributed by atoms with Gasteiger partial charge < -0.3 is 4.74 Å². The van der Waals surface area contributed by atoms with Gasteiger partial charge in [0.1, 0.15) is 5.75 Å². The third-order valence-electron chi connectivity index (χ3n) is 3.86. The highest BCUT2D eigenvalue weighted by Gasteiger charge is 2.35. The van der Waals surface area contributed by atoms with E-state index in [0.29, 0.717) is 14.9 Å². The van der Waals surface area contributed by atoms with Gasteiger partial charge in [-0.1, -0.05) is 0 Å². The molecule has 2 N–H and O–H groups in total. The van der Waals surface area contributed by atoms with Crippen molar-refractivity contribution in [1.29, 1.82) is 0 Å². The molecule has 0 atom stereocenters. The molecule has 0 amide bonds. The van der Waals surface area contributed by atoms with Crippen molar-refractivity contribution in [1.82, 2.24) is 9.78 Å². The van der Waals surface area contributed by atoms with Crippen molar-refractivity contribution in [2.24, 2.45) is 5.14 Å². The Morgan fingerprint density at radius 3 is 2.25 bits per heavy atom. The van der Waals surface area contributed by atoms with E-state index in [2.05, 4.69) is 5.10 Å². The number of sulfonamides is 1. The minimum atomic E-state index is -4.64. The lowest BCUT2D eigenvalue weighted by molar-refractivity contribution is -0.141. The highest BCUT2D eigenvalue weighted by Crippen LogP contribution is 2.35. The molecule has 3 rings (SSSR count). The average molecular weight is 520 g/mol. The average Bonchev–Trinajstić information content (AvgIpc) is 3.07. The van der Waals surface area contributed by atoms with Crippen LogP contribution in [-0.2, 0) is 16.2 Å². The van der Waals surface area contributed by atoms with Crippen LogP contribution in [0.3, 0.4) is 0 Å². The summed E-state index contributed by atoms with van der Waals surface area (Å²) < 4.78 is 69.5. The van der Waals surface area contributed by atoms with Crippen molar-refractivity contribution in [3.63, 3.8) is 0 Å². The molecular weight excluding hydrogens is 507 g/mol. The Labute approximate surface area is 172 Å². The molecule has 2 aromatic carbocycles. The molecule has 0 aliphatic rings. The Kier molecular flexibility index (Phi) is 5.42. The second kappa shape index (κ2) is 7.37. The van der Waals surface area contributed by atoms with Gasteiger partial charge in [-0.05, 0) is 71.1 Å². The van der Waals surface area contributed by atoms with Crippen molar-refractivity contribution < 1.29 is 26.3 Å². The normalized spacial score (nSPS) is 12.2. The van der Waals surface area contributed by atoms with E-state index in [0.717, 1.165) is 10.7 Å². The quantitative estimate of drug-likeness (QED) is 0.531. The highest BCUT2D eigenvalue weighted by atomic mass is 125. The summed E-state index contributed by atoms with van der Waals surface area (Å²) in [5.41, 5.74) is -0.132. The molecule has 0 radical (unpaired) electrons. The third kappa shape index (κ3) is 4.15. The van der Waals surface area contributed by atoms with E-state index in [1.54, 1.807) is 18.2 Å². The first kappa shape index (κ1) is 20.6. The van der Waals surface area contributed by atoms with Crippen LogP contribution in [0.15, 0.2) is 53.4 Å². The first-order valence-corrected chi connectivity index (χ1v) is 10.3. The number of primary sulfonamides is 1. The van der Waals surface area contributed by atoms with E-state index in [1.165, 1.54) is 31.4 Å². The maximum absolute atomic E-state index is 13.2. The van der Waals surface area contributed by atoms with E-state index in [1.807, 2.05) is 22.6 Å². The van der Waals surface area contributed by atoms with Crippen LogP contribution in [0.5, 0.6) is 5.75 Å². The van der Waals surface area contributed by atoms with Gasteiger partial charge in [-0.2, -0.15) is 18.3 Å². The number of alkyl halides is 3. The van der Waals surface area contributed by atoms with Gasteiger partial charge in [0.25, 0.3) is 0 Å². The number of aromatic nitrogens is 2. The fourth-order valence-corrected chi connectivity index (χ4v) is 3.78. The molecule has 0 spiro atoms. The molecule has 0 aliphatic heterocycles. The van der Waals surface area contributed by atoms with Gasteiger partial charge in [0.2, 0.25) is 10.0 Å². The molecule has 0 saturated carbocycles. The lowest BCUT2D eigenvalue weighted by atomic mass is 10.1. The van der Waals surface area contributed by atoms with Crippen molar-refractivity contribution >= 4 is 32.6 Å². The monoisotopic (exact) mass is 520 g/mol. The first-order chi connectivity index (χ1) is 13.0. The summed E-state index contributed by atoms with van der Waals surface area (Å²) in [6.45, 7) is 0. The van der Waals surface area contributed by atoms with Crippen LogP contribution >= 0.6 is 22.6 Å². The molecule has 11 heteroatoms. The lowest BCUT2D eigenvalue weighted by Gasteiger charge is -2.10. The van der Waals surface area contributed by atoms with Crippen LogP contribution in [0.1, 0.15) is 5.69 Å². The van der Waals surface area contributed by atoms with E-state index < -0.39 is 21.9 Å². The molecule has 1 aromatic heterocycles. The zero-order valence-corrected chi connectivity index (χ0v) is 17.2. The molecule has 148 valence electrons. The SMILES string of the molecule is [11CH3]Oc1ccc(-c2cc(C(F)(F)F)nn2-c2ccc(S(N)(=O)=O)cc2)cc1[125I]. The number of benzene rings is 2. The summed E-state index contributed by atoms with van der Waals surface area (Å²) in [4.78, 5) is -0.153. The number of ether oxygens (including phenoxy) is 1. The number of hydrogen-bond acceptors (Lipinski definition) is 4. The van der Waals surface area contributed by atoms with Crippen molar-refractivity contribution in [3.05, 3.63) is 57.8 Å². The van der Waals surface area contributed by atoms with Gasteiger partial charge in [-0.25, -0.2) is 18.2 Å². The van der Waals surface area contributed by atoms with Gasteiger partial charge in [0, 0.05) is 5.56 Å². The number of hydrogen-bond donors (Lipinski definition) is 1. The molecule has 0 fully saturated rings. The van der Waals surface area contributed by atoms with E-state index in [-0.39, 0.29) is 16.3 Å². The molecule has 28 heavy (non-hydrogen) atoms. The lowest BCUT2D eigenvalue weighted by Crippen LogP contribution is -2.12. The van der Waals surface area contributed by atoms with Crippen molar-refractivity contribution in [2.75, 3.05) is 7.11 Å². The molecule has 0 unspecified atom stereocenters. The standard InChI is InChI=1S/C17H13F3IN3O3S/c1-27-15-7-2-10(8-13(15)21)14-9-16(17(18,19)20)23-24(14)11-3-5-12(6-4-11)28(22,25)26/h2-9H,1H3,(H2,22,25,26)/i1-1,21-2. The van der Waals surface area contributed by atoms with Gasteiger partial charge in [-0.15, -0.1) is 0 Å². The second-order valence-corrected chi connectivity index (χ2v) is 8.44. The molecule has 0 saturated heterocycles. The summed E-state index contributed by atoms with van der Waals surface area (Å²) in [7, 11) is -2.42. The largest absolute Gasteiger partial charge is 0.496 e. The summed E-state index contributed by atoms with van der Waals surface area (Å²) in [6, 6.07) is 11.0. The number of nitrogens with two attached hydrogens (primary N) is 1. The van der Waals surface area contributed by atoms with Crippen molar-refractivity contribution in [2.45, 2.75) is 11.1 Å².